The zero-order chi connectivity index (χ0) is 21.0. The Kier molecular flexibility index (Phi) is 5.31. The van der Waals surface area contributed by atoms with Crippen molar-refractivity contribution in [2.24, 2.45) is 0 Å². The minimum absolute atomic E-state index is 0.126. The van der Waals surface area contributed by atoms with E-state index in [1.165, 1.54) is 0 Å². The first-order valence-electron chi connectivity index (χ1n) is 10.5. The molecule has 5 rings (SSSR count). The molecular weight excluding hydrogens is 390 g/mol. The van der Waals surface area contributed by atoms with Gasteiger partial charge in [-0.25, -0.2) is 0 Å². The fraction of sp³-hybridized carbons (Fsp3) is 0.250. The molecule has 1 amide bonds. The molecule has 0 bridgehead atoms. The van der Waals surface area contributed by atoms with Crippen molar-refractivity contribution in [2.75, 3.05) is 0 Å². The van der Waals surface area contributed by atoms with E-state index in [1.54, 1.807) is 24.7 Å². The fourth-order valence-corrected chi connectivity index (χ4v) is 4.07. The third-order valence-corrected chi connectivity index (χ3v) is 5.74. The molecule has 0 unspecified atom stereocenters. The van der Waals surface area contributed by atoms with Gasteiger partial charge in [0, 0.05) is 47.2 Å². The van der Waals surface area contributed by atoms with Crippen LogP contribution in [0.25, 0.3) is 22.0 Å². The number of nitrogens with one attached hydrogen (secondary N) is 2. The molecule has 2 N–H and O–H groups in total. The molecule has 31 heavy (non-hydrogen) atoms. The van der Waals surface area contributed by atoms with Crippen molar-refractivity contribution >= 4 is 16.7 Å². The summed E-state index contributed by atoms with van der Waals surface area (Å²) >= 11 is 0. The number of fused-ring (bicyclic) bond motifs is 1. The molecule has 3 aromatic heterocycles. The molecule has 1 saturated carbocycles. The minimum Gasteiger partial charge on any atom is -0.490 e. The molecule has 0 atom stereocenters. The second kappa shape index (κ2) is 8.55. The summed E-state index contributed by atoms with van der Waals surface area (Å²) in [7, 11) is 0. The zero-order valence-electron chi connectivity index (χ0n) is 17.0. The van der Waals surface area contributed by atoms with E-state index in [2.05, 4.69) is 25.5 Å². The second-order valence-corrected chi connectivity index (χ2v) is 7.82. The van der Waals surface area contributed by atoms with E-state index in [9.17, 15) is 4.79 Å². The maximum absolute atomic E-state index is 12.6. The lowest BCUT2D eigenvalue weighted by atomic mass is 9.92. The summed E-state index contributed by atoms with van der Waals surface area (Å²) in [5, 5.41) is 12.4. The topological polar surface area (TPSA) is 92.8 Å². The first-order chi connectivity index (χ1) is 15.3. The maximum atomic E-state index is 12.6. The number of carbonyl (C=O) groups excluding carboxylic acids is 1. The van der Waals surface area contributed by atoms with Gasteiger partial charge < -0.3 is 10.1 Å². The molecule has 0 spiro atoms. The van der Waals surface area contributed by atoms with Gasteiger partial charge in [0.15, 0.2) is 0 Å². The number of hydrogen-bond acceptors (Lipinski definition) is 5. The predicted molar refractivity (Wildman–Crippen MR) is 118 cm³/mol. The Morgan fingerprint density at radius 3 is 2.65 bits per heavy atom. The minimum atomic E-state index is -0.126. The summed E-state index contributed by atoms with van der Waals surface area (Å²) in [6.07, 6.45) is 10.8. The van der Waals surface area contributed by atoms with Crippen molar-refractivity contribution < 1.29 is 9.53 Å². The smallest absolute Gasteiger partial charge is 0.269 e. The van der Waals surface area contributed by atoms with Crippen LogP contribution in [0.2, 0.25) is 0 Å². The summed E-state index contributed by atoms with van der Waals surface area (Å²) in [5.41, 5.74) is 2.12. The molecule has 0 radical (unpaired) electrons. The van der Waals surface area contributed by atoms with Gasteiger partial charge >= 0.3 is 0 Å². The molecule has 1 aliphatic carbocycles. The number of aromatic nitrogens is 4. The number of H-pyrrole nitrogens is 1. The Morgan fingerprint density at radius 1 is 1.00 bits per heavy atom. The second-order valence-electron chi connectivity index (χ2n) is 7.82. The van der Waals surface area contributed by atoms with Crippen LogP contribution in [0, 0.1) is 0 Å². The van der Waals surface area contributed by atoms with Gasteiger partial charge in [-0.15, -0.1) is 0 Å². The number of amides is 1. The van der Waals surface area contributed by atoms with Gasteiger partial charge in [0.1, 0.15) is 11.4 Å². The number of carbonyl (C=O) groups is 1. The van der Waals surface area contributed by atoms with Crippen LogP contribution >= 0.6 is 0 Å². The van der Waals surface area contributed by atoms with E-state index in [1.807, 2.05) is 42.6 Å². The average Bonchev–Trinajstić information content (AvgIpc) is 3.32. The Hall–Kier alpha value is -3.74. The number of nitrogens with zero attached hydrogens (tertiary/aromatic N) is 3. The number of aromatic amines is 1. The summed E-state index contributed by atoms with van der Waals surface area (Å²) < 4.78 is 6.30. The average molecular weight is 413 g/mol. The van der Waals surface area contributed by atoms with Gasteiger partial charge in [-0.2, -0.15) is 5.10 Å². The van der Waals surface area contributed by atoms with E-state index in [0.717, 1.165) is 53.5 Å². The van der Waals surface area contributed by atoms with Gasteiger partial charge in [-0.1, -0.05) is 12.1 Å². The zero-order valence-corrected chi connectivity index (χ0v) is 17.0. The highest BCUT2D eigenvalue weighted by molar-refractivity contribution is 5.93. The maximum Gasteiger partial charge on any atom is 0.269 e. The van der Waals surface area contributed by atoms with Crippen molar-refractivity contribution in [1.82, 2.24) is 25.5 Å². The molecule has 1 aromatic carbocycles. The van der Waals surface area contributed by atoms with Crippen LogP contribution < -0.4 is 10.1 Å². The van der Waals surface area contributed by atoms with Crippen LogP contribution in [0.15, 0.2) is 67.3 Å². The fourth-order valence-electron chi connectivity index (χ4n) is 4.07. The van der Waals surface area contributed by atoms with Crippen LogP contribution in [-0.4, -0.2) is 38.2 Å². The number of hydrogen-bond donors (Lipinski definition) is 2. The molecule has 4 aromatic rings. The third-order valence-electron chi connectivity index (χ3n) is 5.74. The van der Waals surface area contributed by atoms with Gasteiger partial charge in [0.05, 0.1) is 11.8 Å². The molecule has 1 fully saturated rings. The molecule has 7 heteroatoms. The molecule has 0 saturated heterocycles. The van der Waals surface area contributed by atoms with Crippen LogP contribution in [0.5, 0.6) is 5.75 Å². The predicted octanol–water partition coefficient (Wildman–Crippen LogP) is 4.14. The van der Waals surface area contributed by atoms with E-state index < -0.39 is 0 Å². The number of ether oxygens (including phenoxy) is 1. The van der Waals surface area contributed by atoms with Crippen molar-refractivity contribution in [3.05, 3.63) is 72.9 Å². The normalized spacial score (nSPS) is 18.6. The van der Waals surface area contributed by atoms with E-state index in [0.29, 0.717) is 5.69 Å². The lowest BCUT2D eigenvalue weighted by Crippen LogP contribution is -2.39. The highest BCUT2D eigenvalue weighted by Crippen LogP contribution is 2.29. The van der Waals surface area contributed by atoms with Crippen molar-refractivity contribution in [3.63, 3.8) is 0 Å². The molecule has 1 aliphatic rings. The van der Waals surface area contributed by atoms with Gasteiger partial charge in [0.2, 0.25) is 0 Å². The van der Waals surface area contributed by atoms with Gasteiger partial charge in [-0.3, -0.25) is 19.9 Å². The SMILES string of the molecule is O=C(NC1CCC(Oc2cccc3cnccc23)CC1)c1cc(-c2ccncc2)n[nH]1. The molecule has 7 nitrogen and oxygen atoms in total. The van der Waals surface area contributed by atoms with Crippen molar-refractivity contribution in [2.45, 2.75) is 37.8 Å². The molecule has 0 aliphatic heterocycles. The van der Waals surface area contributed by atoms with Crippen molar-refractivity contribution in [3.8, 4) is 17.0 Å². The van der Waals surface area contributed by atoms with Gasteiger partial charge in [0.25, 0.3) is 5.91 Å². The van der Waals surface area contributed by atoms with Crippen molar-refractivity contribution in [1.29, 1.82) is 0 Å². The Morgan fingerprint density at radius 2 is 1.81 bits per heavy atom. The standard InChI is InChI=1S/C24H23N5O2/c30-24(22-14-21(28-29-22)16-8-11-25-12-9-16)27-18-4-6-19(7-5-18)31-23-3-1-2-17-15-26-13-10-20(17)23/h1-3,8-15,18-19H,4-7H2,(H,27,30)(H,28,29). The van der Waals surface area contributed by atoms with Gasteiger partial charge in [-0.05, 0) is 56.0 Å². The number of benzene rings is 1. The van der Waals surface area contributed by atoms with E-state index in [-0.39, 0.29) is 18.1 Å². The summed E-state index contributed by atoms with van der Waals surface area (Å²) in [6, 6.07) is 13.7. The summed E-state index contributed by atoms with van der Waals surface area (Å²) in [5.74, 6) is 0.771. The first kappa shape index (κ1) is 19.2. The van der Waals surface area contributed by atoms with Crippen LogP contribution in [0.4, 0.5) is 0 Å². The molecule has 156 valence electrons. The monoisotopic (exact) mass is 413 g/mol. The Bertz CT molecular complexity index is 1180. The number of pyridine rings is 2. The number of rotatable bonds is 5. The highest BCUT2D eigenvalue weighted by atomic mass is 16.5. The lowest BCUT2D eigenvalue weighted by molar-refractivity contribution is 0.0890. The highest BCUT2D eigenvalue weighted by Gasteiger charge is 2.25. The molecule has 3 heterocycles. The van der Waals surface area contributed by atoms with E-state index in [4.69, 9.17) is 4.74 Å². The first-order valence-corrected chi connectivity index (χ1v) is 10.5. The summed E-state index contributed by atoms with van der Waals surface area (Å²) in [6.45, 7) is 0. The lowest BCUT2D eigenvalue weighted by Gasteiger charge is -2.29. The molecular formula is C24H23N5O2. The van der Waals surface area contributed by atoms with Crippen LogP contribution in [0.1, 0.15) is 36.2 Å². The quantitative estimate of drug-likeness (QED) is 0.513. The largest absolute Gasteiger partial charge is 0.490 e. The van der Waals surface area contributed by atoms with E-state index >= 15 is 0 Å². The third kappa shape index (κ3) is 4.26. The Labute approximate surface area is 179 Å². The van der Waals surface area contributed by atoms with Crippen LogP contribution in [-0.2, 0) is 0 Å². The summed E-state index contributed by atoms with van der Waals surface area (Å²) in [4.78, 5) is 20.8. The van der Waals surface area contributed by atoms with Crippen LogP contribution in [0.3, 0.4) is 0 Å². The Balaban J connectivity index is 1.17.